The fourth-order valence-corrected chi connectivity index (χ4v) is 4.27. The number of ether oxygens (including phenoxy) is 2. The van der Waals surface area contributed by atoms with Crippen LogP contribution in [0.25, 0.3) is 11.3 Å². The van der Waals surface area contributed by atoms with Crippen molar-refractivity contribution < 1.29 is 17.9 Å². The van der Waals surface area contributed by atoms with Gasteiger partial charge < -0.3 is 9.47 Å². The smallest absolute Gasteiger partial charge is 0.266 e. The maximum atomic E-state index is 12.3. The summed E-state index contributed by atoms with van der Waals surface area (Å²) in [6, 6.07) is 8.67. The molecule has 0 amide bonds. The summed E-state index contributed by atoms with van der Waals surface area (Å²) in [5.41, 5.74) is 1.31. The number of methoxy groups -OCH3 is 2. The largest absolute Gasteiger partial charge is 0.493 e. The van der Waals surface area contributed by atoms with Gasteiger partial charge in [0.25, 0.3) is 5.56 Å². The monoisotopic (exact) mass is 407 g/mol. The molecule has 0 unspecified atom stereocenters. The lowest BCUT2D eigenvalue weighted by molar-refractivity contribution is 0.245. The molecule has 2 heterocycles. The van der Waals surface area contributed by atoms with Crippen molar-refractivity contribution in [3.63, 3.8) is 0 Å². The van der Waals surface area contributed by atoms with E-state index in [1.54, 1.807) is 26.4 Å². The molecule has 0 atom stereocenters. The van der Waals surface area contributed by atoms with E-state index in [0.29, 0.717) is 49.7 Å². The van der Waals surface area contributed by atoms with E-state index in [1.165, 1.54) is 21.3 Å². The van der Waals surface area contributed by atoms with E-state index in [0.717, 1.165) is 5.56 Å². The fourth-order valence-electron chi connectivity index (χ4n) is 3.40. The number of hydrogen-bond donors (Lipinski definition) is 0. The zero-order valence-electron chi connectivity index (χ0n) is 16.3. The average molecular weight is 407 g/mol. The standard InChI is InChI=1S/C19H25N3O5S/c1-26-17-6-4-15(12-18(17)27-2)16-5-7-19(23)22(20-16)13-14-8-10-21(11-9-14)28(3,24)25/h4-7,12,14H,8-11,13H2,1-3H3. The third-order valence-corrected chi connectivity index (χ3v) is 6.32. The second-order valence-corrected chi connectivity index (χ2v) is 8.90. The minimum atomic E-state index is -3.16. The number of hydrogen-bond acceptors (Lipinski definition) is 6. The molecule has 0 aliphatic carbocycles. The third-order valence-electron chi connectivity index (χ3n) is 5.02. The van der Waals surface area contributed by atoms with Gasteiger partial charge in [-0.25, -0.2) is 17.4 Å². The van der Waals surface area contributed by atoms with Crippen molar-refractivity contribution in [2.45, 2.75) is 19.4 Å². The number of nitrogens with zero attached hydrogens (tertiary/aromatic N) is 3. The van der Waals surface area contributed by atoms with E-state index in [1.807, 2.05) is 12.1 Å². The van der Waals surface area contributed by atoms with Crippen LogP contribution in [0.3, 0.4) is 0 Å². The lowest BCUT2D eigenvalue weighted by atomic mass is 9.98. The molecule has 28 heavy (non-hydrogen) atoms. The van der Waals surface area contributed by atoms with Crippen LogP contribution in [0.5, 0.6) is 11.5 Å². The summed E-state index contributed by atoms with van der Waals surface area (Å²) in [5, 5.41) is 4.51. The Hall–Kier alpha value is -2.39. The molecular formula is C19H25N3O5S. The predicted octanol–water partition coefficient (Wildman–Crippen LogP) is 1.60. The first-order valence-electron chi connectivity index (χ1n) is 9.07. The molecule has 0 bridgehead atoms. The number of benzene rings is 1. The lowest BCUT2D eigenvalue weighted by Crippen LogP contribution is -2.39. The van der Waals surface area contributed by atoms with E-state index < -0.39 is 10.0 Å². The van der Waals surface area contributed by atoms with Crippen LogP contribution < -0.4 is 15.0 Å². The van der Waals surface area contributed by atoms with Crippen molar-refractivity contribution in [3.05, 3.63) is 40.7 Å². The van der Waals surface area contributed by atoms with Gasteiger partial charge in [0.2, 0.25) is 10.0 Å². The molecule has 1 fully saturated rings. The van der Waals surface area contributed by atoms with E-state index in [9.17, 15) is 13.2 Å². The minimum Gasteiger partial charge on any atom is -0.493 e. The minimum absolute atomic E-state index is 0.172. The molecule has 1 aromatic carbocycles. The molecule has 1 saturated heterocycles. The fraction of sp³-hybridized carbons (Fsp3) is 0.474. The topological polar surface area (TPSA) is 90.7 Å². The molecule has 0 radical (unpaired) electrons. The molecule has 8 nitrogen and oxygen atoms in total. The Balaban J connectivity index is 1.78. The summed E-state index contributed by atoms with van der Waals surface area (Å²) in [6.45, 7) is 1.43. The van der Waals surface area contributed by atoms with E-state index in [4.69, 9.17) is 9.47 Å². The van der Waals surface area contributed by atoms with Crippen LogP contribution in [0, 0.1) is 5.92 Å². The summed E-state index contributed by atoms with van der Waals surface area (Å²) in [7, 11) is -0.0157. The van der Waals surface area contributed by atoms with Crippen molar-refractivity contribution >= 4 is 10.0 Å². The van der Waals surface area contributed by atoms with Crippen molar-refractivity contribution in [1.29, 1.82) is 0 Å². The number of rotatable bonds is 6. The maximum Gasteiger partial charge on any atom is 0.266 e. The molecule has 1 aromatic heterocycles. The number of aromatic nitrogens is 2. The third kappa shape index (κ3) is 4.53. The predicted molar refractivity (Wildman–Crippen MR) is 106 cm³/mol. The van der Waals surface area contributed by atoms with Gasteiger partial charge in [-0.1, -0.05) is 0 Å². The first-order chi connectivity index (χ1) is 13.3. The highest BCUT2D eigenvalue weighted by atomic mass is 32.2. The van der Waals surface area contributed by atoms with Gasteiger partial charge in [-0.2, -0.15) is 5.10 Å². The number of piperidine rings is 1. The average Bonchev–Trinajstić information content (AvgIpc) is 2.69. The summed E-state index contributed by atoms with van der Waals surface area (Å²) in [4.78, 5) is 12.3. The Morgan fingerprint density at radius 2 is 1.75 bits per heavy atom. The molecule has 0 saturated carbocycles. The normalized spacial score (nSPS) is 16.1. The summed E-state index contributed by atoms with van der Waals surface area (Å²) >= 11 is 0. The van der Waals surface area contributed by atoms with Crippen molar-refractivity contribution in [2.75, 3.05) is 33.6 Å². The molecule has 1 aliphatic heterocycles. The second-order valence-electron chi connectivity index (χ2n) is 6.91. The van der Waals surface area contributed by atoms with Crippen molar-refractivity contribution in [2.24, 2.45) is 5.92 Å². The van der Waals surface area contributed by atoms with Crippen LogP contribution in [-0.4, -0.2) is 56.1 Å². The maximum absolute atomic E-state index is 12.3. The summed E-state index contributed by atoms with van der Waals surface area (Å²) < 4.78 is 36.8. The highest BCUT2D eigenvalue weighted by molar-refractivity contribution is 7.88. The van der Waals surface area contributed by atoms with Gasteiger partial charge in [-0.05, 0) is 43.0 Å². The Morgan fingerprint density at radius 3 is 2.36 bits per heavy atom. The van der Waals surface area contributed by atoms with Crippen LogP contribution in [0.15, 0.2) is 35.1 Å². The van der Waals surface area contributed by atoms with Gasteiger partial charge in [-0.3, -0.25) is 4.79 Å². The zero-order valence-corrected chi connectivity index (χ0v) is 17.1. The molecule has 0 N–H and O–H groups in total. The Kier molecular flexibility index (Phi) is 6.04. The summed E-state index contributed by atoms with van der Waals surface area (Å²) in [6.07, 6.45) is 2.65. The highest BCUT2D eigenvalue weighted by Crippen LogP contribution is 2.31. The van der Waals surface area contributed by atoms with Crippen LogP contribution in [0.4, 0.5) is 0 Å². The van der Waals surface area contributed by atoms with Crippen molar-refractivity contribution in [1.82, 2.24) is 14.1 Å². The van der Waals surface area contributed by atoms with Crippen LogP contribution >= 0.6 is 0 Å². The molecule has 0 spiro atoms. The van der Waals surface area contributed by atoms with Crippen LogP contribution in [0.2, 0.25) is 0 Å². The van der Waals surface area contributed by atoms with E-state index in [-0.39, 0.29) is 11.5 Å². The number of sulfonamides is 1. The Bertz CT molecular complexity index is 995. The van der Waals surface area contributed by atoms with Gasteiger partial charge in [0.15, 0.2) is 11.5 Å². The zero-order chi connectivity index (χ0) is 20.3. The molecule has 2 aromatic rings. The first-order valence-corrected chi connectivity index (χ1v) is 10.9. The lowest BCUT2D eigenvalue weighted by Gasteiger charge is -2.30. The van der Waals surface area contributed by atoms with Crippen molar-refractivity contribution in [3.8, 4) is 22.8 Å². The van der Waals surface area contributed by atoms with E-state index in [2.05, 4.69) is 5.10 Å². The first kappa shape index (κ1) is 20.3. The Labute approximate surface area is 164 Å². The second kappa shape index (κ2) is 8.32. The van der Waals surface area contributed by atoms with Gasteiger partial charge in [0.1, 0.15) is 0 Å². The molecule has 9 heteroatoms. The highest BCUT2D eigenvalue weighted by Gasteiger charge is 2.25. The molecule has 3 rings (SSSR count). The SMILES string of the molecule is COc1ccc(-c2ccc(=O)n(CC3CCN(S(C)(=O)=O)CC3)n2)cc1OC. The Morgan fingerprint density at radius 1 is 1.07 bits per heavy atom. The molecular weight excluding hydrogens is 382 g/mol. The van der Waals surface area contributed by atoms with Crippen LogP contribution in [-0.2, 0) is 16.6 Å². The van der Waals surface area contributed by atoms with E-state index >= 15 is 0 Å². The van der Waals surface area contributed by atoms with Crippen LogP contribution in [0.1, 0.15) is 12.8 Å². The summed E-state index contributed by atoms with van der Waals surface area (Å²) in [5.74, 6) is 1.42. The van der Waals surface area contributed by atoms with Gasteiger partial charge in [0.05, 0.1) is 26.2 Å². The molecule has 1 aliphatic rings. The van der Waals surface area contributed by atoms with Gasteiger partial charge in [-0.15, -0.1) is 0 Å². The quantitative estimate of drug-likeness (QED) is 0.722. The molecule has 152 valence electrons. The van der Waals surface area contributed by atoms with Gasteiger partial charge in [0, 0.05) is 31.3 Å². The van der Waals surface area contributed by atoms with Gasteiger partial charge >= 0.3 is 0 Å².